The van der Waals surface area contributed by atoms with Crippen molar-refractivity contribution in [2.45, 2.75) is 56.6 Å². The highest BCUT2D eigenvalue weighted by atomic mass is 16.3. The van der Waals surface area contributed by atoms with E-state index < -0.39 is 5.60 Å². The third-order valence-electron chi connectivity index (χ3n) is 5.83. The summed E-state index contributed by atoms with van der Waals surface area (Å²) in [6, 6.07) is 15.2. The van der Waals surface area contributed by atoms with E-state index in [1.807, 2.05) is 0 Å². The minimum Gasteiger partial charge on any atom is -0.387 e. The summed E-state index contributed by atoms with van der Waals surface area (Å²) in [6.07, 6.45) is 8.14. The Labute approximate surface area is 132 Å². The molecule has 2 heteroatoms. The lowest BCUT2D eigenvalue weighted by Crippen LogP contribution is -2.56. The predicted molar refractivity (Wildman–Crippen MR) is 92.1 cm³/mol. The minimum atomic E-state index is -0.498. The lowest BCUT2D eigenvalue weighted by Gasteiger charge is -2.49. The first-order valence-corrected chi connectivity index (χ1v) is 8.73. The lowest BCUT2D eigenvalue weighted by molar-refractivity contribution is -0.0835. The first-order valence-electron chi connectivity index (χ1n) is 8.73. The van der Waals surface area contributed by atoms with Gasteiger partial charge in [0.2, 0.25) is 0 Å². The molecule has 0 bridgehead atoms. The zero-order valence-electron chi connectivity index (χ0n) is 13.1. The van der Waals surface area contributed by atoms with Gasteiger partial charge < -0.3 is 10.4 Å². The summed E-state index contributed by atoms with van der Waals surface area (Å²) < 4.78 is 0. The maximum atomic E-state index is 11.3. The molecule has 22 heavy (non-hydrogen) atoms. The number of hydrogen-bond donors (Lipinski definition) is 2. The van der Waals surface area contributed by atoms with Gasteiger partial charge in [-0.15, -0.1) is 0 Å². The van der Waals surface area contributed by atoms with Crippen molar-refractivity contribution in [2.75, 3.05) is 5.32 Å². The molecule has 2 N–H and O–H groups in total. The zero-order valence-corrected chi connectivity index (χ0v) is 13.1. The number of hydrogen-bond acceptors (Lipinski definition) is 2. The summed E-state index contributed by atoms with van der Waals surface area (Å²) in [5, 5.41) is 17.5. The first kappa shape index (κ1) is 14.1. The highest BCUT2D eigenvalue weighted by Gasteiger charge is 2.47. The molecule has 0 spiro atoms. The van der Waals surface area contributed by atoms with E-state index in [4.69, 9.17) is 0 Å². The Kier molecular flexibility index (Phi) is 3.57. The van der Waals surface area contributed by atoms with Crippen molar-refractivity contribution in [3.8, 4) is 0 Å². The van der Waals surface area contributed by atoms with Crippen molar-refractivity contribution < 1.29 is 5.11 Å². The second-order valence-electron chi connectivity index (χ2n) is 7.12. The Bertz CT molecular complexity index is 666. The molecule has 0 amide bonds. The number of nitrogens with one attached hydrogen (secondary N) is 1. The standard InChI is InChI=1S/C20H25NO/c22-20-13-4-3-8-17(20)9-5-10-19(20)21-18-12-11-15-6-1-2-7-16(15)14-18/h1-2,6-7,11-12,14,17,19,21-22H,3-5,8-10,13H2/t17-,19+,20-/m1/s1. The van der Waals surface area contributed by atoms with Gasteiger partial charge in [-0.1, -0.05) is 49.6 Å². The normalized spacial score (nSPS) is 31.7. The van der Waals surface area contributed by atoms with E-state index in [1.165, 1.54) is 42.9 Å². The Morgan fingerprint density at radius 2 is 1.73 bits per heavy atom. The average Bonchev–Trinajstić information content (AvgIpc) is 2.55. The summed E-state index contributed by atoms with van der Waals surface area (Å²) in [5.41, 5.74) is 0.644. The zero-order chi connectivity index (χ0) is 15.0. The van der Waals surface area contributed by atoms with Crippen LogP contribution in [-0.2, 0) is 0 Å². The van der Waals surface area contributed by atoms with E-state index in [2.05, 4.69) is 47.8 Å². The highest BCUT2D eigenvalue weighted by molar-refractivity contribution is 5.85. The largest absolute Gasteiger partial charge is 0.387 e. The number of benzene rings is 2. The predicted octanol–water partition coefficient (Wildman–Crippen LogP) is 4.73. The molecule has 2 saturated carbocycles. The molecule has 2 aliphatic carbocycles. The van der Waals surface area contributed by atoms with Gasteiger partial charge in [0.25, 0.3) is 0 Å². The van der Waals surface area contributed by atoms with Crippen molar-refractivity contribution in [1.82, 2.24) is 0 Å². The lowest BCUT2D eigenvalue weighted by atomic mass is 9.65. The van der Waals surface area contributed by atoms with Crippen LogP contribution in [0.15, 0.2) is 42.5 Å². The van der Waals surface area contributed by atoms with Gasteiger partial charge in [-0.05, 0) is 54.5 Å². The van der Waals surface area contributed by atoms with E-state index in [1.54, 1.807) is 0 Å². The summed E-state index contributed by atoms with van der Waals surface area (Å²) in [5.74, 6) is 0.493. The Hall–Kier alpha value is -1.54. The van der Waals surface area contributed by atoms with Gasteiger partial charge in [-0.3, -0.25) is 0 Å². The molecule has 2 nitrogen and oxygen atoms in total. The van der Waals surface area contributed by atoms with E-state index in [9.17, 15) is 5.11 Å². The molecule has 0 unspecified atom stereocenters. The molecule has 0 saturated heterocycles. The highest BCUT2D eigenvalue weighted by Crippen LogP contribution is 2.44. The fourth-order valence-electron chi connectivity index (χ4n) is 4.60. The van der Waals surface area contributed by atoms with Gasteiger partial charge >= 0.3 is 0 Å². The van der Waals surface area contributed by atoms with Gasteiger partial charge in [0.1, 0.15) is 0 Å². The van der Waals surface area contributed by atoms with Gasteiger partial charge in [0.15, 0.2) is 0 Å². The third-order valence-corrected chi connectivity index (χ3v) is 5.83. The fourth-order valence-corrected chi connectivity index (χ4v) is 4.60. The quantitative estimate of drug-likeness (QED) is 0.840. The van der Waals surface area contributed by atoms with E-state index in [-0.39, 0.29) is 6.04 Å². The number of rotatable bonds is 2. The van der Waals surface area contributed by atoms with Gasteiger partial charge in [-0.2, -0.15) is 0 Å². The van der Waals surface area contributed by atoms with Crippen LogP contribution in [0.2, 0.25) is 0 Å². The maximum absolute atomic E-state index is 11.3. The third kappa shape index (κ3) is 2.40. The molecule has 2 aromatic rings. The van der Waals surface area contributed by atoms with Crippen LogP contribution in [0.5, 0.6) is 0 Å². The van der Waals surface area contributed by atoms with Crippen LogP contribution in [-0.4, -0.2) is 16.7 Å². The molecule has 0 heterocycles. The van der Waals surface area contributed by atoms with Crippen LogP contribution in [0.25, 0.3) is 10.8 Å². The molecule has 0 aromatic heterocycles. The van der Waals surface area contributed by atoms with Gasteiger partial charge in [-0.25, -0.2) is 0 Å². The van der Waals surface area contributed by atoms with Crippen molar-refractivity contribution in [2.24, 2.45) is 5.92 Å². The summed E-state index contributed by atoms with van der Waals surface area (Å²) in [6.45, 7) is 0. The molecular weight excluding hydrogens is 270 g/mol. The van der Waals surface area contributed by atoms with Crippen molar-refractivity contribution in [3.05, 3.63) is 42.5 Å². The number of fused-ring (bicyclic) bond motifs is 2. The number of aliphatic hydroxyl groups is 1. The molecule has 0 radical (unpaired) electrons. The minimum absolute atomic E-state index is 0.202. The van der Waals surface area contributed by atoms with Crippen molar-refractivity contribution in [3.63, 3.8) is 0 Å². The average molecular weight is 295 g/mol. The molecule has 4 rings (SSSR count). The molecule has 116 valence electrons. The topological polar surface area (TPSA) is 32.3 Å². The van der Waals surface area contributed by atoms with Crippen LogP contribution < -0.4 is 5.32 Å². The Balaban J connectivity index is 1.60. The summed E-state index contributed by atoms with van der Waals surface area (Å²) in [7, 11) is 0. The second kappa shape index (κ2) is 5.58. The van der Waals surface area contributed by atoms with Crippen LogP contribution >= 0.6 is 0 Å². The van der Waals surface area contributed by atoms with E-state index >= 15 is 0 Å². The molecule has 2 fully saturated rings. The smallest absolute Gasteiger partial charge is 0.0875 e. The van der Waals surface area contributed by atoms with Crippen LogP contribution in [0.4, 0.5) is 5.69 Å². The SMILES string of the molecule is O[C@]12CCCC[C@@H]1CCC[C@@H]2Nc1ccc2ccccc2c1. The van der Waals surface area contributed by atoms with Crippen LogP contribution in [0.1, 0.15) is 44.9 Å². The van der Waals surface area contributed by atoms with Crippen molar-refractivity contribution in [1.29, 1.82) is 0 Å². The van der Waals surface area contributed by atoms with Crippen molar-refractivity contribution >= 4 is 16.5 Å². The Morgan fingerprint density at radius 1 is 0.909 bits per heavy atom. The summed E-state index contributed by atoms with van der Waals surface area (Å²) in [4.78, 5) is 0. The Morgan fingerprint density at radius 3 is 2.64 bits per heavy atom. The number of anilines is 1. The molecular formula is C20H25NO. The van der Waals surface area contributed by atoms with Gasteiger partial charge in [0, 0.05) is 5.69 Å². The monoisotopic (exact) mass is 295 g/mol. The first-order chi connectivity index (χ1) is 10.8. The van der Waals surface area contributed by atoms with Gasteiger partial charge in [0.05, 0.1) is 11.6 Å². The maximum Gasteiger partial charge on any atom is 0.0875 e. The fraction of sp³-hybridized carbons (Fsp3) is 0.500. The van der Waals surface area contributed by atoms with E-state index in [0.717, 1.165) is 18.5 Å². The van der Waals surface area contributed by atoms with Crippen LogP contribution in [0.3, 0.4) is 0 Å². The molecule has 2 aromatic carbocycles. The molecule has 0 aliphatic heterocycles. The van der Waals surface area contributed by atoms with Crippen LogP contribution in [0, 0.1) is 5.92 Å². The van der Waals surface area contributed by atoms with E-state index in [0.29, 0.717) is 5.92 Å². The molecule has 2 aliphatic rings. The molecule has 3 atom stereocenters. The summed E-state index contributed by atoms with van der Waals surface area (Å²) >= 11 is 0. The second-order valence-corrected chi connectivity index (χ2v) is 7.12.